The molecule has 4 fully saturated rings. The lowest BCUT2D eigenvalue weighted by molar-refractivity contribution is -0.385. The Morgan fingerprint density at radius 1 is 0.633 bits per heavy atom. The van der Waals surface area contributed by atoms with Gasteiger partial charge in [-0.1, -0.05) is 0 Å². The molecule has 2 aromatic rings. The van der Waals surface area contributed by atoms with E-state index in [-0.39, 0.29) is 24.6 Å². The second-order valence-electron chi connectivity index (χ2n) is 17.1. The van der Waals surface area contributed by atoms with Gasteiger partial charge in [-0.2, -0.15) is 0 Å². The highest BCUT2D eigenvalue weighted by atomic mass is 32.2. The molecule has 4 aliphatic rings. The number of nitro benzene ring substituents is 2. The van der Waals surface area contributed by atoms with Crippen LogP contribution in [0.15, 0.2) is 46.2 Å². The number of non-ortho nitro benzene ring substituents is 2. The van der Waals surface area contributed by atoms with E-state index in [4.69, 9.17) is 18.9 Å². The van der Waals surface area contributed by atoms with Gasteiger partial charge in [-0.3, -0.25) is 29.8 Å². The van der Waals surface area contributed by atoms with Gasteiger partial charge in [-0.25, -0.2) is 9.59 Å². The van der Waals surface area contributed by atoms with Crippen molar-refractivity contribution in [3.05, 3.63) is 67.8 Å². The third-order valence-electron chi connectivity index (χ3n) is 9.91. The number of nitrogens with zero attached hydrogens (tertiary/aromatic N) is 4. The topological polar surface area (TPSA) is 198 Å². The molecule has 60 heavy (non-hydrogen) atoms. The first-order valence-corrected chi connectivity index (χ1v) is 22.2. The van der Waals surface area contributed by atoms with Gasteiger partial charge >= 0.3 is 24.1 Å². The van der Waals surface area contributed by atoms with Gasteiger partial charge in [0.15, 0.2) is 0 Å². The molecule has 2 unspecified atom stereocenters. The van der Waals surface area contributed by atoms with E-state index in [1.54, 1.807) is 91.0 Å². The Kier molecular flexibility index (Phi) is 15.0. The van der Waals surface area contributed by atoms with Crippen molar-refractivity contribution in [3.8, 4) is 0 Å². The summed E-state index contributed by atoms with van der Waals surface area (Å²) in [5.41, 5.74) is -0.298. The average molecular weight is 873 g/mol. The Balaban J connectivity index is 0.000000228. The first-order valence-electron chi connectivity index (χ1n) is 20.4. The summed E-state index contributed by atoms with van der Waals surface area (Å²) in [6.07, 6.45) is 4.11. The van der Waals surface area contributed by atoms with Crippen molar-refractivity contribution in [3.63, 3.8) is 0 Å². The monoisotopic (exact) mass is 872 g/mol. The van der Waals surface area contributed by atoms with Gasteiger partial charge in [0, 0.05) is 57.6 Å². The van der Waals surface area contributed by atoms with Gasteiger partial charge in [-0.15, -0.1) is 23.5 Å². The van der Waals surface area contributed by atoms with Crippen LogP contribution in [-0.4, -0.2) is 91.8 Å². The van der Waals surface area contributed by atoms with Crippen molar-refractivity contribution >= 4 is 59.0 Å². The Morgan fingerprint density at radius 2 is 0.983 bits per heavy atom. The molecule has 2 saturated heterocycles. The van der Waals surface area contributed by atoms with E-state index in [9.17, 15) is 39.4 Å². The van der Waals surface area contributed by atoms with Crippen molar-refractivity contribution in [2.75, 3.05) is 26.3 Å². The summed E-state index contributed by atoms with van der Waals surface area (Å²) >= 11 is 3.29. The van der Waals surface area contributed by atoms with Crippen molar-refractivity contribution in [2.45, 2.75) is 137 Å². The highest BCUT2D eigenvalue weighted by Crippen LogP contribution is 2.49. The fourth-order valence-electron chi connectivity index (χ4n) is 7.10. The quantitative estimate of drug-likeness (QED) is 0.0846. The van der Waals surface area contributed by atoms with E-state index in [0.29, 0.717) is 47.6 Å². The van der Waals surface area contributed by atoms with Crippen LogP contribution in [0, 0.1) is 32.1 Å². The fraction of sp³-hybridized carbons (Fsp3) is 0.619. The zero-order valence-corrected chi connectivity index (χ0v) is 37.1. The van der Waals surface area contributed by atoms with E-state index < -0.39 is 69.1 Å². The molecule has 16 nitrogen and oxygen atoms in total. The number of carbonyl (C=O) groups excluding carboxylic acids is 4. The standard InChI is InChI=1S/2C21H28N2O6S/c2*1-5-28-19(24)15-10-11-22(20(25)29-21(2,3)4)18(15)16-12-13(23(26)27)6-9-17(16)30-14-7-8-14/h2*6,9,12,14-15,18H,5,7-8,10-11H2,1-4H3/t2*15-,18?/m10/s1. The number of hydrogen-bond acceptors (Lipinski definition) is 14. The maximum Gasteiger partial charge on any atom is 0.410 e. The van der Waals surface area contributed by atoms with Crippen LogP contribution >= 0.6 is 23.5 Å². The lowest BCUT2D eigenvalue weighted by atomic mass is 9.93. The third kappa shape index (κ3) is 12.3. The third-order valence-corrected chi connectivity index (χ3v) is 12.8. The number of benzene rings is 2. The number of amides is 2. The van der Waals surface area contributed by atoms with Crippen molar-refractivity contribution in [1.29, 1.82) is 0 Å². The summed E-state index contributed by atoms with van der Waals surface area (Å²) in [5, 5.41) is 23.8. The van der Waals surface area contributed by atoms with Crippen LogP contribution in [0.4, 0.5) is 21.0 Å². The maximum atomic E-state index is 12.9. The average Bonchev–Trinajstić information content (AvgIpc) is 4.06. The van der Waals surface area contributed by atoms with E-state index in [1.165, 1.54) is 34.1 Å². The zero-order valence-electron chi connectivity index (χ0n) is 35.5. The van der Waals surface area contributed by atoms with Gasteiger partial charge in [-0.05, 0) is 117 Å². The van der Waals surface area contributed by atoms with E-state index in [2.05, 4.69) is 0 Å². The minimum Gasteiger partial charge on any atom is -0.466 e. The summed E-state index contributed by atoms with van der Waals surface area (Å²) in [7, 11) is 0. The fourth-order valence-corrected chi connectivity index (χ4v) is 9.49. The Labute approximate surface area is 359 Å². The number of carbonyl (C=O) groups is 4. The Bertz CT molecular complexity index is 1800. The van der Waals surface area contributed by atoms with Crippen LogP contribution in [0.3, 0.4) is 0 Å². The smallest absolute Gasteiger partial charge is 0.410 e. The van der Waals surface area contributed by atoms with Crippen molar-refractivity contribution in [1.82, 2.24) is 9.80 Å². The van der Waals surface area contributed by atoms with E-state index in [0.717, 1.165) is 35.5 Å². The molecule has 2 aromatic carbocycles. The molecule has 2 saturated carbocycles. The minimum absolute atomic E-state index is 0.0659. The first-order chi connectivity index (χ1) is 28.2. The minimum atomic E-state index is -0.697. The molecule has 0 radical (unpaired) electrons. The molecule has 4 atom stereocenters. The molecule has 328 valence electrons. The molecule has 2 aliphatic heterocycles. The predicted molar refractivity (Wildman–Crippen MR) is 225 cm³/mol. The van der Waals surface area contributed by atoms with E-state index >= 15 is 0 Å². The van der Waals surface area contributed by atoms with Crippen LogP contribution < -0.4 is 0 Å². The van der Waals surface area contributed by atoms with Gasteiger partial charge < -0.3 is 28.7 Å². The largest absolute Gasteiger partial charge is 0.466 e. The van der Waals surface area contributed by atoms with Crippen LogP contribution in [-0.2, 0) is 28.5 Å². The number of likely N-dealkylation sites (tertiary alicyclic amines) is 2. The molecule has 0 N–H and O–H groups in total. The van der Waals surface area contributed by atoms with Crippen molar-refractivity contribution in [2.24, 2.45) is 11.8 Å². The first kappa shape index (κ1) is 46.5. The SMILES string of the molecule is CCOC(=O)[C@@H]1CCN(C(=O)OC(C)(C)C)C1c1cc([N+](=O)[O-])ccc1SC1CC1.CCOC(=O)[C@H]1CCN(C(=O)OC(C)(C)C)C1c1cc([N+](=O)[O-])ccc1SC1CC1. The normalized spacial score (nSPS) is 21.4. The molecule has 2 heterocycles. The lowest BCUT2D eigenvalue weighted by Crippen LogP contribution is -2.38. The van der Waals surface area contributed by atoms with Crippen LogP contribution in [0.5, 0.6) is 0 Å². The summed E-state index contributed by atoms with van der Waals surface area (Å²) in [6, 6.07) is 8.05. The second kappa shape index (κ2) is 19.4. The van der Waals surface area contributed by atoms with Crippen LogP contribution in [0.2, 0.25) is 0 Å². The molecule has 0 bridgehead atoms. The number of esters is 2. The maximum absolute atomic E-state index is 12.9. The Hall–Kier alpha value is -4.58. The number of nitro groups is 2. The van der Waals surface area contributed by atoms with Gasteiger partial charge in [0.1, 0.15) is 11.2 Å². The van der Waals surface area contributed by atoms with Crippen LogP contribution in [0.25, 0.3) is 0 Å². The summed E-state index contributed by atoms with van der Waals surface area (Å²) in [4.78, 5) is 78.0. The van der Waals surface area contributed by atoms with Crippen LogP contribution in [0.1, 0.15) is 117 Å². The van der Waals surface area contributed by atoms with Gasteiger partial charge in [0.2, 0.25) is 0 Å². The highest BCUT2D eigenvalue weighted by molar-refractivity contribution is 8.00. The Morgan fingerprint density at radius 3 is 1.27 bits per heavy atom. The molecular formula is C42H56N4O12S2. The number of ether oxygens (including phenoxy) is 4. The van der Waals surface area contributed by atoms with Crippen molar-refractivity contribution < 1.29 is 48.0 Å². The second-order valence-corrected chi connectivity index (χ2v) is 19.8. The summed E-state index contributed by atoms with van der Waals surface area (Å²) in [5.74, 6) is -2.00. The lowest BCUT2D eigenvalue weighted by Gasteiger charge is -2.31. The van der Waals surface area contributed by atoms with E-state index in [1.807, 2.05) is 0 Å². The molecule has 0 aromatic heterocycles. The number of rotatable bonds is 12. The molecule has 2 amide bonds. The molecular weight excluding hydrogens is 817 g/mol. The predicted octanol–water partition coefficient (Wildman–Crippen LogP) is 9.42. The molecule has 6 rings (SSSR count). The number of thioether (sulfide) groups is 2. The molecule has 0 spiro atoms. The number of hydrogen-bond donors (Lipinski definition) is 0. The van der Waals surface area contributed by atoms with Gasteiger partial charge in [0.25, 0.3) is 11.4 Å². The highest BCUT2D eigenvalue weighted by Gasteiger charge is 2.47. The molecule has 18 heteroatoms. The summed E-state index contributed by atoms with van der Waals surface area (Å²) in [6.45, 7) is 15.2. The molecule has 2 aliphatic carbocycles. The zero-order chi connectivity index (χ0) is 44.1. The van der Waals surface area contributed by atoms with Gasteiger partial charge in [0.05, 0.1) is 47.0 Å². The summed E-state index contributed by atoms with van der Waals surface area (Å²) < 4.78 is 21.7.